The summed E-state index contributed by atoms with van der Waals surface area (Å²) in [6.07, 6.45) is 13.9. The Labute approximate surface area is 382 Å². The van der Waals surface area contributed by atoms with Gasteiger partial charge in [0.1, 0.15) is 6.29 Å². The van der Waals surface area contributed by atoms with Crippen LogP contribution in [0.15, 0.2) is 243 Å². The second-order valence-electron chi connectivity index (χ2n) is 15.8. The van der Waals surface area contributed by atoms with Crippen molar-refractivity contribution < 1.29 is 4.79 Å². The van der Waals surface area contributed by atoms with Crippen molar-refractivity contribution in [1.29, 1.82) is 0 Å². The predicted octanol–water partition coefficient (Wildman–Crippen LogP) is 16.5. The molecule has 0 atom stereocenters. The summed E-state index contributed by atoms with van der Waals surface area (Å²) in [5.74, 6) is 0. The average molecular weight is 834 g/mol. The van der Waals surface area contributed by atoms with E-state index < -0.39 is 0 Å². The first-order valence-electron chi connectivity index (χ1n) is 21.9. The number of carbonyl (C=O) groups excluding carboxylic acids is 1. The van der Waals surface area contributed by atoms with Gasteiger partial charge in [0.25, 0.3) is 0 Å². The van der Waals surface area contributed by atoms with Crippen LogP contribution in [0, 0.1) is 0 Å². The van der Waals surface area contributed by atoms with E-state index in [4.69, 9.17) is 0 Å². The van der Waals surface area contributed by atoms with E-state index in [0.717, 1.165) is 56.7 Å². The highest BCUT2D eigenvalue weighted by atomic mass is 16.1. The van der Waals surface area contributed by atoms with Crippen molar-refractivity contribution in [3.63, 3.8) is 0 Å². The van der Waals surface area contributed by atoms with E-state index >= 15 is 0 Å². The van der Waals surface area contributed by atoms with Gasteiger partial charge in [-0.2, -0.15) is 0 Å². The summed E-state index contributed by atoms with van der Waals surface area (Å²) in [6, 6.07) is 84.9. The third kappa shape index (κ3) is 10.7. The van der Waals surface area contributed by atoms with E-state index in [1.807, 2.05) is 24.3 Å². The van der Waals surface area contributed by atoms with E-state index in [-0.39, 0.29) is 0 Å². The molecule has 0 bridgehead atoms. The Morgan fingerprint density at radius 1 is 0.262 bits per heavy atom. The standard InChI is InChI=1S/C63H47NO/c65-47-54-31-29-50(30-32-54)26-25-48-21-23-49(24-22-48)27-28-51-33-39-59(40-34-51)64(60-41-35-52(36-42-60)45-62(55-13-5-1-6-14-55)56-15-7-2-8-16-56)61-43-37-53(38-44-61)46-63(57-17-9-3-10-18-57)58-19-11-4-12-20-58/h1-47H/b26-25+,28-27+. The van der Waals surface area contributed by atoms with Crippen molar-refractivity contribution >= 4 is 71.0 Å². The Hall–Kier alpha value is -8.59. The summed E-state index contributed by atoms with van der Waals surface area (Å²) in [4.78, 5) is 13.3. The van der Waals surface area contributed by atoms with Crippen molar-refractivity contribution in [2.24, 2.45) is 0 Å². The van der Waals surface area contributed by atoms with Gasteiger partial charge in [-0.05, 0) is 115 Å². The topological polar surface area (TPSA) is 20.3 Å². The molecule has 2 nitrogen and oxygen atoms in total. The van der Waals surface area contributed by atoms with Gasteiger partial charge in [0.15, 0.2) is 0 Å². The fourth-order valence-corrected chi connectivity index (χ4v) is 7.88. The van der Waals surface area contributed by atoms with Crippen molar-refractivity contribution in [1.82, 2.24) is 0 Å². The number of hydrogen-bond donors (Lipinski definition) is 0. The van der Waals surface area contributed by atoms with Crippen LogP contribution in [-0.2, 0) is 0 Å². The van der Waals surface area contributed by atoms with Gasteiger partial charge in [0.2, 0.25) is 0 Å². The maximum atomic E-state index is 11.0. The number of anilines is 3. The smallest absolute Gasteiger partial charge is 0.150 e. The molecule has 0 fully saturated rings. The SMILES string of the molecule is O=Cc1ccc(/C=C/c2ccc(/C=C/c3ccc(N(c4ccc(C=C(c5ccccc5)c5ccccc5)cc4)c4ccc(C=C(c5ccccc5)c5ccccc5)cc4)cc3)cc2)cc1. The molecule has 0 unspecified atom stereocenters. The largest absolute Gasteiger partial charge is 0.311 e. The van der Waals surface area contributed by atoms with Crippen LogP contribution in [0.25, 0.3) is 47.6 Å². The van der Waals surface area contributed by atoms with Gasteiger partial charge in [0, 0.05) is 22.6 Å². The fourth-order valence-electron chi connectivity index (χ4n) is 7.88. The van der Waals surface area contributed by atoms with Crippen LogP contribution >= 0.6 is 0 Å². The van der Waals surface area contributed by atoms with E-state index in [2.05, 4.69) is 260 Å². The summed E-state index contributed by atoms with van der Waals surface area (Å²) in [5, 5.41) is 0. The molecule has 0 saturated heterocycles. The van der Waals surface area contributed by atoms with Gasteiger partial charge >= 0.3 is 0 Å². The van der Waals surface area contributed by atoms with Gasteiger partial charge in [-0.3, -0.25) is 4.79 Å². The molecule has 0 N–H and O–H groups in total. The van der Waals surface area contributed by atoms with E-state index in [1.54, 1.807) is 0 Å². The van der Waals surface area contributed by atoms with Gasteiger partial charge in [-0.1, -0.05) is 231 Å². The predicted molar refractivity (Wildman–Crippen MR) is 277 cm³/mol. The molecule has 9 rings (SSSR count). The molecule has 2 heteroatoms. The summed E-state index contributed by atoms with van der Waals surface area (Å²) in [6.45, 7) is 0. The van der Waals surface area contributed by atoms with Crippen LogP contribution in [0.3, 0.4) is 0 Å². The number of nitrogens with zero attached hydrogens (tertiary/aromatic N) is 1. The first-order valence-corrected chi connectivity index (χ1v) is 21.9. The second-order valence-corrected chi connectivity index (χ2v) is 15.8. The van der Waals surface area contributed by atoms with Crippen LogP contribution in [0.1, 0.15) is 66.0 Å². The van der Waals surface area contributed by atoms with E-state index in [0.29, 0.717) is 5.56 Å². The van der Waals surface area contributed by atoms with Gasteiger partial charge in [0.05, 0.1) is 0 Å². The highest BCUT2D eigenvalue weighted by Gasteiger charge is 2.14. The Kier molecular flexibility index (Phi) is 13.2. The van der Waals surface area contributed by atoms with Crippen molar-refractivity contribution in [3.8, 4) is 0 Å². The van der Waals surface area contributed by atoms with Crippen LogP contribution in [0.2, 0.25) is 0 Å². The quantitative estimate of drug-likeness (QED) is 0.0803. The first kappa shape index (κ1) is 41.7. The molecule has 0 aromatic heterocycles. The zero-order valence-electron chi connectivity index (χ0n) is 36.0. The Balaban J connectivity index is 1.01. The average Bonchev–Trinajstić information content (AvgIpc) is 3.39. The number of benzene rings is 9. The van der Waals surface area contributed by atoms with Gasteiger partial charge in [-0.25, -0.2) is 0 Å². The lowest BCUT2D eigenvalue weighted by Crippen LogP contribution is -2.09. The Morgan fingerprint density at radius 2 is 0.492 bits per heavy atom. The molecule has 0 aliphatic heterocycles. The number of carbonyl (C=O) groups is 1. The molecule has 0 aliphatic carbocycles. The normalized spacial score (nSPS) is 11.0. The summed E-state index contributed by atoms with van der Waals surface area (Å²) in [5.41, 5.74) is 17.6. The lowest BCUT2D eigenvalue weighted by atomic mass is 9.95. The minimum atomic E-state index is 0.678. The third-order valence-corrected chi connectivity index (χ3v) is 11.4. The highest BCUT2D eigenvalue weighted by Crippen LogP contribution is 2.37. The molecule has 9 aromatic carbocycles. The number of aldehydes is 1. The maximum Gasteiger partial charge on any atom is 0.150 e. The molecule has 0 heterocycles. The highest BCUT2D eigenvalue weighted by molar-refractivity contribution is 5.93. The van der Waals surface area contributed by atoms with Gasteiger partial charge < -0.3 is 4.90 Å². The molecule has 65 heavy (non-hydrogen) atoms. The molecular formula is C63H47NO. The molecular weight excluding hydrogens is 787 g/mol. The third-order valence-electron chi connectivity index (χ3n) is 11.4. The van der Waals surface area contributed by atoms with Gasteiger partial charge in [-0.15, -0.1) is 0 Å². The number of hydrogen-bond acceptors (Lipinski definition) is 2. The molecule has 0 radical (unpaired) electrons. The van der Waals surface area contributed by atoms with Crippen LogP contribution in [-0.4, -0.2) is 6.29 Å². The van der Waals surface area contributed by atoms with E-state index in [9.17, 15) is 4.79 Å². The minimum Gasteiger partial charge on any atom is -0.311 e. The monoisotopic (exact) mass is 833 g/mol. The summed E-state index contributed by atoms with van der Waals surface area (Å²) >= 11 is 0. The lowest BCUT2D eigenvalue weighted by molar-refractivity contribution is 0.112. The minimum absolute atomic E-state index is 0.678. The van der Waals surface area contributed by atoms with Crippen molar-refractivity contribution in [2.75, 3.05) is 4.90 Å². The van der Waals surface area contributed by atoms with Crippen molar-refractivity contribution in [3.05, 3.63) is 304 Å². The summed E-state index contributed by atoms with van der Waals surface area (Å²) < 4.78 is 0. The van der Waals surface area contributed by atoms with E-state index in [1.165, 1.54) is 33.4 Å². The van der Waals surface area contributed by atoms with Crippen LogP contribution < -0.4 is 4.90 Å². The first-order chi connectivity index (χ1) is 32.1. The van der Waals surface area contributed by atoms with Crippen molar-refractivity contribution in [2.45, 2.75) is 0 Å². The molecule has 9 aromatic rings. The molecule has 0 spiro atoms. The fraction of sp³-hybridized carbons (Fsp3) is 0. The molecule has 310 valence electrons. The Bertz CT molecular complexity index is 2840. The van der Waals surface area contributed by atoms with Crippen LogP contribution in [0.5, 0.6) is 0 Å². The second kappa shape index (κ2) is 20.5. The summed E-state index contributed by atoms with van der Waals surface area (Å²) in [7, 11) is 0. The Morgan fingerprint density at radius 3 is 0.754 bits per heavy atom. The molecule has 0 aliphatic rings. The zero-order chi connectivity index (χ0) is 44.0. The maximum absolute atomic E-state index is 11.0. The zero-order valence-corrected chi connectivity index (χ0v) is 36.0. The van der Waals surface area contributed by atoms with Crippen LogP contribution in [0.4, 0.5) is 17.1 Å². The lowest BCUT2D eigenvalue weighted by Gasteiger charge is -2.26. The number of rotatable bonds is 14. The molecule has 0 saturated carbocycles. The molecule has 0 amide bonds.